The fourth-order valence-corrected chi connectivity index (χ4v) is 5.28. The quantitative estimate of drug-likeness (QED) is 0.400. The second-order valence-electron chi connectivity index (χ2n) is 8.71. The van der Waals surface area contributed by atoms with Crippen LogP contribution in [0.4, 0.5) is 16.2 Å². The molecule has 184 valence electrons. The SMILES string of the molecule is COc1ccc2nccc(CCC3CCCCC3)c2n1.O=C(O)Nc1ccc2c(c1)NC(=O)CS2. The number of pyridine rings is 2. The normalized spacial score (nSPS) is 15.4. The number of ether oxygens (including phenoxy) is 1. The number of rotatable bonds is 5. The molecule has 1 fully saturated rings. The number of anilines is 2. The summed E-state index contributed by atoms with van der Waals surface area (Å²) >= 11 is 1.44. The number of hydrogen-bond donors (Lipinski definition) is 3. The Labute approximate surface area is 208 Å². The van der Waals surface area contributed by atoms with Crippen LogP contribution in [0.25, 0.3) is 11.0 Å². The van der Waals surface area contributed by atoms with Crippen molar-refractivity contribution >= 4 is 46.2 Å². The van der Waals surface area contributed by atoms with Gasteiger partial charge in [-0.25, -0.2) is 9.78 Å². The van der Waals surface area contributed by atoms with E-state index in [0.29, 0.717) is 23.0 Å². The summed E-state index contributed by atoms with van der Waals surface area (Å²) in [6, 6.07) is 11.0. The Morgan fingerprint density at radius 2 is 2.03 bits per heavy atom. The fraction of sp³-hybridized carbons (Fsp3) is 0.385. The van der Waals surface area contributed by atoms with Crippen LogP contribution < -0.4 is 15.4 Å². The van der Waals surface area contributed by atoms with E-state index in [2.05, 4.69) is 26.7 Å². The van der Waals surface area contributed by atoms with Gasteiger partial charge in [-0.2, -0.15) is 0 Å². The molecule has 8 nitrogen and oxygen atoms in total. The highest BCUT2D eigenvalue weighted by molar-refractivity contribution is 8.00. The number of hydrogen-bond acceptors (Lipinski definition) is 6. The van der Waals surface area contributed by atoms with Crippen LogP contribution in [0, 0.1) is 5.92 Å². The predicted molar refractivity (Wildman–Crippen MR) is 138 cm³/mol. The number of aromatic nitrogens is 2. The van der Waals surface area contributed by atoms with E-state index in [9.17, 15) is 9.59 Å². The number of amides is 2. The average molecular weight is 495 g/mol. The van der Waals surface area contributed by atoms with E-state index in [-0.39, 0.29) is 5.91 Å². The van der Waals surface area contributed by atoms with E-state index >= 15 is 0 Å². The maximum atomic E-state index is 11.1. The van der Waals surface area contributed by atoms with Crippen LogP contribution in [0.15, 0.2) is 47.5 Å². The van der Waals surface area contributed by atoms with E-state index < -0.39 is 6.09 Å². The van der Waals surface area contributed by atoms with Gasteiger partial charge in [-0.3, -0.25) is 15.1 Å². The monoisotopic (exact) mass is 494 g/mol. The summed E-state index contributed by atoms with van der Waals surface area (Å²) in [5.41, 5.74) is 4.38. The van der Waals surface area contributed by atoms with Crippen molar-refractivity contribution in [1.29, 1.82) is 0 Å². The minimum atomic E-state index is -1.12. The van der Waals surface area contributed by atoms with Crippen molar-refractivity contribution in [3.05, 3.63) is 48.2 Å². The average Bonchev–Trinajstić information content (AvgIpc) is 2.87. The number of thioether (sulfide) groups is 1. The summed E-state index contributed by atoms with van der Waals surface area (Å²) in [5.74, 6) is 1.90. The molecule has 3 heterocycles. The number of fused-ring (bicyclic) bond motifs is 2. The van der Waals surface area contributed by atoms with E-state index in [1.807, 2.05) is 18.3 Å². The zero-order valence-electron chi connectivity index (χ0n) is 19.8. The van der Waals surface area contributed by atoms with Gasteiger partial charge < -0.3 is 15.2 Å². The molecule has 0 spiro atoms. The molecule has 0 bridgehead atoms. The van der Waals surface area contributed by atoms with Gasteiger partial charge in [-0.15, -0.1) is 11.8 Å². The molecule has 2 aliphatic rings. The smallest absolute Gasteiger partial charge is 0.409 e. The molecule has 0 saturated heterocycles. The van der Waals surface area contributed by atoms with Gasteiger partial charge in [-0.05, 0) is 54.7 Å². The number of nitrogens with zero attached hydrogens (tertiary/aromatic N) is 2. The molecule has 9 heteroatoms. The zero-order valence-corrected chi connectivity index (χ0v) is 20.6. The third kappa shape index (κ3) is 6.85. The second-order valence-corrected chi connectivity index (χ2v) is 9.73. The molecule has 1 aromatic carbocycles. The van der Waals surface area contributed by atoms with Gasteiger partial charge in [0.15, 0.2) is 0 Å². The lowest BCUT2D eigenvalue weighted by Crippen LogP contribution is -2.19. The maximum absolute atomic E-state index is 11.1. The van der Waals surface area contributed by atoms with Gasteiger partial charge in [0.2, 0.25) is 11.8 Å². The van der Waals surface area contributed by atoms with E-state index in [0.717, 1.165) is 28.3 Å². The number of aryl methyl sites for hydroxylation is 1. The van der Waals surface area contributed by atoms with Gasteiger partial charge in [0.25, 0.3) is 0 Å². The molecule has 0 radical (unpaired) electrons. The Morgan fingerprint density at radius 1 is 1.20 bits per heavy atom. The first-order valence-electron chi connectivity index (χ1n) is 11.9. The Hall–Kier alpha value is -3.33. The third-order valence-corrected chi connectivity index (χ3v) is 7.33. The number of carboxylic acid groups (broad SMARTS) is 1. The highest BCUT2D eigenvalue weighted by Crippen LogP contribution is 2.33. The lowest BCUT2D eigenvalue weighted by Gasteiger charge is -2.21. The molecular weight excluding hydrogens is 464 g/mol. The summed E-state index contributed by atoms with van der Waals surface area (Å²) in [7, 11) is 1.66. The Bertz CT molecular complexity index is 1200. The molecule has 0 unspecified atom stereocenters. The number of nitrogens with one attached hydrogen (secondary N) is 2. The van der Waals surface area contributed by atoms with Crippen LogP contribution in [0.1, 0.15) is 44.1 Å². The van der Waals surface area contributed by atoms with Gasteiger partial charge in [0.05, 0.1) is 29.6 Å². The molecule has 0 atom stereocenters. The summed E-state index contributed by atoms with van der Waals surface area (Å²) in [5, 5.41) is 13.4. The van der Waals surface area contributed by atoms with Crippen molar-refractivity contribution in [1.82, 2.24) is 9.97 Å². The maximum Gasteiger partial charge on any atom is 0.409 e. The third-order valence-electron chi connectivity index (χ3n) is 6.26. The molecule has 2 aromatic heterocycles. The lowest BCUT2D eigenvalue weighted by atomic mass is 9.85. The van der Waals surface area contributed by atoms with Crippen LogP contribution in [0.5, 0.6) is 5.88 Å². The topological polar surface area (TPSA) is 113 Å². The van der Waals surface area contributed by atoms with Gasteiger partial charge in [-0.1, -0.05) is 32.1 Å². The highest BCUT2D eigenvalue weighted by atomic mass is 32.2. The second kappa shape index (κ2) is 11.9. The van der Waals surface area contributed by atoms with Crippen LogP contribution in [-0.4, -0.2) is 39.9 Å². The summed E-state index contributed by atoms with van der Waals surface area (Å²) in [6.45, 7) is 0. The predicted octanol–water partition coefficient (Wildman–Crippen LogP) is 5.97. The highest BCUT2D eigenvalue weighted by Gasteiger charge is 2.16. The molecule has 1 aliphatic carbocycles. The van der Waals surface area contributed by atoms with Gasteiger partial charge >= 0.3 is 6.09 Å². The minimum absolute atomic E-state index is 0.0695. The van der Waals surface area contributed by atoms with Crippen molar-refractivity contribution < 1.29 is 19.4 Å². The first-order chi connectivity index (χ1) is 17.0. The molecule has 3 aromatic rings. The van der Waals surface area contributed by atoms with Crippen molar-refractivity contribution in [2.45, 2.75) is 49.8 Å². The van der Waals surface area contributed by atoms with Crippen molar-refractivity contribution in [2.24, 2.45) is 5.92 Å². The van der Waals surface area contributed by atoms with E-state index in [1.165, 1.54) is 55.9 Å². The molecule has 1 aliphatic heterocycles. The standard InChI is InChI=1S/C17H22N2O.C9H8N2O3S/c1-20-16-10-9-15-17(19-16)14(11-12-18-15)8-7-13-5-3-2-4-6-13;12-8-4-15-7-2-1-5(10-9(13)14)3-6(7)11-8/h9-13H,2-8H2,1H3;1-3,10H,4H2,(H,11,12)(H,13,14). The summed E-state index contributed by atoms with van der Waals surface area (Å²) < 4.78 is 5.23. The molecular formula is C26H30N4O4S. The van der Waals surface area contributed by atoms with Crippen LogP contribution >= 0.6 is 11.8 Å². The fourth-order valence-electron chi connectivity index (χ4n) is 4.50. The molecule has 35 heavy (non-hydrogen) atoms. The first-order valence-corrected chi connectivity index (χ1v) is 12.9. The number of carbonyl (C=O) groups excluding carboxylic acids is 1. The van der Waals surface area contributed by atoms with E-state index in [1.54, 1.807) is 25.3 Å². The van der Waals surface area contributed by atoms with Crippen LogP contribution in [0.2, 0.25) is 0 Å². The molecule has 3 N–H and O–H groups in total. The summed E-state index contributed by atoms with van der Waals surface area (Å²) in [4.78, 5) is 31.4. The van der Waals surface area contributed by atoms with Crippen molar-refractivity contribution in [3.8, 4) is 5.88 Å². The van der Waals surface area contributed by atoms with Gasteiger partial charge in [0, 0.05) is 22.8 Å². The zero-order chi connectivity index (χ0) is 24.6. The minimum Gasteiger partial charge on any atom is -0.481 e. The number of benzene rings is 1. The molecule has 2 amide bonds. The van der Waals surface area contributed by atoms with Crippen molar-refractivity contribution in [2.75, 3.05) is 23.5 Å². The summed E-state index contributed by atoms with van der Waals surface area (Å²) in [6.07, 6.45) is 10.2. The van der Waals surface area contributed by atoms with E-state index in [4.69, 9.17) is 9.84 Å². The molecule has 5 rings (SSSR count). The van der Waals surface area contributed by atoms with Crippen LogP contribution in [0.3, 0.4) is 0 Å². The Morgan fingerprint density at radius 3 is 2.80 bits per heavy atom. The Kier molecular flexibility index (Phi) is 8.41. The molecule has 1 saturated carbocycles. The van der Waals surface area contributed by atoms with Gasteiger partial charge in [0.1, 0.15) is 0 Å². The van der Waals surface area contributed by atoms with Crippen molar-refractivity contribution in [3.63, 3.8) is 0 Å². The lowest BCUT2D eigenvalue weighted by molar-refractivity contribution is -0.113. The largest absolute Gasteiger partial charge is 0.481 e. The Balaban J connectivity index is 0.000000172. The van der Waals surface area contributed by atoms with Crippen LogP contribution in [-0.2, 0) is 11.2 Å². The number of methoxy groups -OCH3 is 1. The first kappa shape index (κ1) is 24.8. The number of carbonyl (C=O) groups is 2.